The summed E-state index contributed by atoms with van der Waals surface area (Å²) < 4.78 is 5.01. The Hall–Kier alpha value is -1.40. The van der Waals surface area contributed by atoms with Crippen LogP contribution in [0.4, 0.5) is 5.88 Å². The van der Waals surface area contributed by atoms with Crippen molar-refractivity contribution in [3.05, 3.63) is 28.0 Å². The quantitative estimate of drug-likeness (QED) is 0.581. The minimum atomic E-state index is -0.561. The minimum absolute atomic E-state index is 0.0931. The number of furan rings is 1. The lowest BCUT2D eigenvalue weighted by Gasteiger charge is -2.41. The molecule has 0 atom stereocenters. The van der Waals surface area contributed by atoms with E-state index in [9.17, 15) is 15.2 Å². The topological polar surface area (TPSA) is 88.5 Å². The molecule has 1 aliphatic carbocycles. The van der Waals surface area contributed by atoms with Crippen molar-refractivity contribution in [2.24, 2.45) is 0 Å². The highest BCUT2D eigenvalue weighted by Gasteiger charge is 2.35. The molecule has 0 amide bonds. The van der Waals surface area contributed by atoms with Crippen molar-refractivity contribution in [1.82, 2.24) is 5.32 Å². The van der Waals surface area contributed by atoms with Crippen LogP contribution in [0.5, 0.6) is 0 Å². The summed E-state index contributed by atoms with van der Waals surface area (Å²) in [4.78, 5) is 9.83. The van der Waals surface area contributed by atoms with Crippen LogP contribution >= 0.6 is 0 Å². The molecular weight excluding hydrogens is 212 g/mol. The number of nitro groups is 1. The Morgan fingerprint density at radius 3 is 2.75 bits per heavy atom. The van der Waals surface area contributed by atoms with Gasteiger partial charge in [0.15, 0.2) is 0 Å². The van der Waals surface area contributed by atoms with Crippen LogP contribution < -0.4 is 5.32 Å². The predicted octanol–water partition coefficient (Wildman–Crippen LogP) is 1.19. The first-order valence-electron chi connectivity index (χ1n) is 5.24. The van der Waals surface area contributed by atoms with Gasteiger partial charge in [0.05, 0.1) is 19.2 Å². The van der Waals surface area contributed by atoms with E-state index in [0.29, 0.717) is 12.3 Å². The molecular formula is C10H14N2O4. The summed E-state index contributed by atoms with van der Waals surface area (Å²) in [5, 5.41) is 22.8. The van der Waals surface area contributed by atoms with E-state index in [1.165, 1.54) is 6.07 Å². The normalized spacial score (nSPS) is 18.1. The van der Waals surface area contributed by atoms with Crippen molar-refractivity contribution in [1.29, 1.82) is 0 Å². The Balaban J connectivity index is 1.91. The molecule has 1 saturated carbocycles. The molecule has 1 aromatic heterocycles. The summed E-state index contributed by atoms with van der Waals surface area (Å²) in [6, 6.07) is 2.91. The average Bonchev–Trinajstić information content (AvgIpc) is 2.65. The highest BCUT2D eigenvalue weighted by molar-refractivity contribution is 5.18. The van der Waals surface area contributed by atoms with Gasteiger partial charge >= 0.3 is 5.88 Å². The number of hydrogen-bond donors (Lipinski definition) is 2. The van der Waals surface area contributed by atoms with Gasteiger partial charge in [-0.3, -0.25) is 10.1 Å². The van der Waals surface area contributed by atoms with Crippen LogP contribution in [0.15, 0.2) is 16.5 Å². The zero-order valence-electron chi connectivity index (χ0n) is 8.81. The molecule has 0 unspecified atom stereocenters. The van der Waals surface area contributed by atoms with Gasteiger partial charge < -0.3 is 14.8 Å². The van der Waals surface area contributed by atoms with Crippen LogP contribution in [0.1, 0.15) is 25.0 Å². The highest BCUT2D eigenvalue weighted by atomic mass is 16.6. The molecule has 16 heavy (non-hydrogen) atoms. The first-order valence-corrected chi connectivity index (χ1v) is 5.24. The first-order chi connectivity index (χ1) is 7.65. The third-order valence-electron chi connectivity index (χ3n) is 3.08. The average molecular weight is 226 g/mol. The van der Waals surface area contributed by atoms with Gasteiger partial charge in [0, 0.05) is 5.54 Å². The highest BCUT2D eigenvalue weighted by Crippen LogP contribution is 2.31. The van der Waals surface area contributed by atoms with Crippen molar-refractivity contribution < 1.29 is 14.4 Å². The summed E-state index contributed by atoms with van der Waals surface area (Å²) in [6.45, 7) is 0.504. The second-order valence-electron chi connectivity index (χ2n) is 4.14. The fraction of sp³-hybridized carbons (Fsp3) is 0.600. The predicted molar refractivity (Wildman–Crippen MR) is 55.9 cm³/mol. The van der Waals surface area contributed by atoms with Gasteiger partial charge in [0.2, 0.25) is 0 Å². The molecule has 0 spiro atoms. The molecule has 0 saturated heterocycles. The molecule has 1 fully saturated rings. The molecule has 2 rings (SSSR count). The molecule has 6 nitrogen and oxygen atoms in total. The second kappa shape index (κ2) is 4.23. The van der Waals surface area contributed by atoms with Crippen LogP contribution in [0.25, 0.3) is 0 Å². The van der Waals surface area contributed by atoms with E-state index in [1.807, 2.05) is 0 Å². The fourth-order valence-electron chi connectivity index (χ4n) is 1.83. The van der Waals surface area contributed by atoms with E-state index in [-0.39, 0.29) is 18.0 Å². The van der Waals surface area contributed by atoms with Crippen LogP contribution in [0.2, 0.25) is 0 Å². The van der Waals surface area contributed by atoms with Gasteiger partial charge in [-0.1, -0.05) is 0 Å². The maximum atomic E-state index is 10.4. The Labute approximate surface area is 92.4 Å². The summed E-state index contributed by atoms with van der Waals surface area (Å²) in [7, 11) is 0. The molecule has 0 radical (unpaired) electrons. The smallest absolute Gasteiger partial charge is 0.404 e. The van der Waals surface area contributed by atoms with Crippen LogP contribution in [0.3, 0.4) is 0 Å². The first kappa shape index (κ1) is 11.1. The standard InChI is InChI=1S/C10H14N2O4/c13-7-10(4-1-5-10)11-6-8-2-3-9(16-8)12(14)15/h2-3,11,13H,1,4-7H2. The van der Waals surface area contributed by atoms with Gasteiger partial charge in [0.1, 0.15) is 10.7 Å². The summed E-state index contributed by atoms with van der Waals surface area (Å²) in [6.07, 6.45) is 2.98. The Kier molecular flexibility index (Phi) is 2.93. The summed E-state index contributed by atoms with van der Waals surface area (Å²) >= 11 is 0. The summed E-state index contributed by atoms with van der Waals surface area (Å²) in [5.41, 5.74) is -0.207. The van der Waals surface area contributed by atoms with Crippen molar-refractivity contribution >= 4 is 5.88 Å². The molecule has 88 valence electrons. The maximum Gasteiger partial charge on any atom is 0.433 e. The summed E-state index contributed by atoms with van der Waals surface area (Å²) in [5.74, 6) is 0.273. The number of nitrogens with zero attached hydrogens (tertiary/aromatic N) is 1. The number of hydrogen-bond acceptors (Lipinski definition) is 5. The van der Waals surface area contributed by atoms with Crippen LogP contribution in [-0.4, -0.2) is 22.2 Å². The SMILES string of the molecule is O=[N+]([O-])c1ccc(CNC2(CO)CCC2)o1. The van der Waals surface area contributed by atoms with E-state index in [2.05, 4.69) is 5.32 Å². The molecule has 1 aromatic rings. The van der Waals surface area contributed by atoms with E-state index in [4.69, 9.17) is 4.42 Å². The van der Waals surface area contributed by atoms with E-state index in [1.54, 1.807) is 6.07 Å². The molecule has 1 aliphatic rings. The fourth-order valence-corrected chi connectivity index (χ4v) is 1.83. The van der Waals surface area contributed by atoms with Crippen molar-refractivity contribution in [2.45, 2.75) is 31.3 Å². The van der Waals surface area contributed by atoms with Gasteiger partial charge in [-0.05, 0) is 25.3 Å². The van der Waals surface area contributed by atoms with E-state index < -0.39 is 4.92 Å². The molecule has 0 aliphatic heterocycles. The van der Waals surface area contributed by atoms with E-state index >= 15 is 0 Å². The lowest BCUT2D eigenvalue weighted by Crippen LogP contribution is -2.53. The number of aliphatic hydroxyl groups is 1. The lowest BCUT2D eigenvalue weighted by atomic mass is 9.77. The zero-order chi connectivity index (χ0) is 11.6. The number of aliphatic hydroxyl groups excluding tert-OH is 1. The lowest BCUT2D eigenvalue weighted by molar-refractivity contribution is -0.402. The van der Waals surface area contributed by atoms with Gasteiger partial charge in [-0.2, -0.15) is 0 Å². The number of rotatable bonds is 5. The maximum absolute atomic E-state index is 10.4. The van der Waals surface area contributed by atoms with E-state index in [0.717, 1.165) is 19.3 Å². The Bertz CT molecular complexity index is 378. The zero-order valence-corrected chi connectivity index (χ0v) is 8.81. The third-order valence-corrected chi connectivity index (χ3v) is 3.08. The van der Waals surface area contributed by atoms with Gasteiger partial charge in [-0.15, -0.1) is 0 Å². The molecule has 2 N–H and O–H groups in total. The Morgan fingerprint density at radius 2 is 2.31 bits per heavy atom. The second-order valence-corrected chi connectivity index (χ2v) is 4.14. The van der Waals surface area contributed by atoms with Crippen LogP contribution in [0, 0.1) is 10.1 Å². The Morgan fingerprint density at radius 1 is 1.56 bits per heavy atom. The van der Waals surface area contributed by atoms with Crippen molar-refractivity contribution in [3.63, 3.8) is 0 Å². The van der Waals surface area contributed by atoms with Gasteiger partial charge in [-0.25, -0.2) is 0 Å². The minimum Gasteiger partial charge on any atom is -0.404 e. The molecule has 6 heteroatoms. The third kappa shape index (κ3) is 2.07. The monoisotopic (exact) mass is 226 g/mol. The molecule has 0 bridgehead atoms. The molecule has 1 heterocycles. The molecule has 0 aromatic carbocycles. The van der Waals surface area contributed by atoms with Crippen molar-refractivity contribution in [2.75, 3.05) is 6.61 Å². The van der Waals surface area contributed by atoms with Crippen molar-refractivity contribution in [3.8, 4) is 0 Å². The number of nitrogens with one attached hydrogen (secondary N) is 1. The van der Waals surface area contributed by atoms with Crippen LogP contribution in [-0.2, 0) is 6.54 Å². The van der Waals surface area contributed by atoms with Gasteiger partial charge in [0.25, 0.3) is 0 Å². The largest absolute Gasteiger partial charge is 0.433 e.